The predicted molar refractivity (Wildman–Crippen MR) is 281 cm³/mol. The first-order valence-corrected chi connectivity index (χ1v) is 24.8. The molecule has 0 aliphatic carbocycles. The van der Waals surface area contributed by atoms with Gasteiger partial charge in [0.2, 0.25) is 59.1 Å². The average Bonchev–Trinajstić information content (AvgIpc) is 3.77. The van der Waals surface area contributed by atoms with Crippen LogP contribution in [0.2, 0.25) is 0 Å². The molecule has 76 heavy (non-hydrogen) atoms. The van der Waals surface area contributed by atoms with Gasteiger partial charge in [0.15, 0.2) is 11.9 Å². The summed E-state index contributed by atoms with van der Waals surface area (Å²) in [6.45, 7) is 1.90. The molecule has 2 heterocycles. The Morgan fingerprint density at radius 3 is 1.92 bits per heavy atom. The van der Waals surface area contributed by atoms with E-state index < -0.39 is 114 Å². The number of amides is 10. The highest BCUT2D eigenvalue weighted by molar-refractivity contribution is 5.99. The average molecular weight is 1060 g/mol. The van der Waals surface area contributed by atoms with Crippen molar-refractivity contribution in [2.45, 2.75) is 120 Å². The number of nitrogens with one attached hydrogen (secondary N) is 10. The Labute approximate surface area is 438 Å². The summed E-state index contributed by atoms with van der Waals surface area (Å²) in [7, 11) is 0. The maximum absolute atomic E-state index is 14.6. The normalized spacial score (nSPS) is 20.9. The molecule has 1 aliphatic heterocycles. The van der Waals surface area contributed by atoms with Crippen LogP contribution in [0.1, 0.15) is 76.3 Å². The number of aliphatic imine (C=N–C) groups is 2. The number of H-pyrrole nitrogens is 1. The van der Waals surface area contributed by atoms with Gasteiger partial charge in [0.05, 0.1) is 6.42 Å². The molecule has 27 heteroatoms. The highest BCUT2D eigenvalue weighted by Crippen LogP contribution is 2.20. The second kappa shape index (κ2) is 30.4. The molecule has 412 valence electrons. The molecule has 0 bridgehead atoms. The van der Waals surface area contributed by atoms with E-state index in [1.807, 2.05) is 18.2 Å². The zero-order valence-corrected chi connectivity index (χ0v) is 42.6. The highest BCUT2D eigenvalue weighted by atomic mass is 16.2. The van der Waals surface area contributed by atoms with Crippen LogP contribution in [0, 0.1) is 0 Å². The van der Waals surface area contributed by atoms with E-state index in [1.54, 1.807) is 42.6 Å². The van der Waals surface area contributed by atoms with E-state index in [-0.39, 0.29) is 89.3 Å². The number of nitrogens with two attached hydrogens (primary N) is 5. The van der Waals surface area contributed by atoms with Crippen molar-refractivity contribution in [1.82, 2.24) is 52.8 Å². The first-order chi connectivity index (χ1) is 36.2. The van der Waals surface area contributed by atoms with Crippen LogP contribution < -0.4 is 76.5 Å². The van der Waals surface area contributed by atoms with E-state index in [1.165, 1.54) is 6.92 Å². The number of para-hydroxylation sites is 1. The largest absolute Gasteiger partial charge is 0.370 e. The molecule has 1 aliphatic rings. The van der Waals surface area contributed by atoms with Crippen molar-refractivity contribution < 1.29 is 47.9 Å². The quantitative estimate of drug-likeness (QED) is 0.0327. The molecule has 2 aromatic carbocycles. The lowest BCUT2D eigenvalue weighted by molar-refractivity contribution is -0.136. The summed E-state index contributed by atoms with van der Waals surface area (Å²) in [5.74, 6) is -8.70. The molecule has 0 radical (unpaired) electrons. The third-order valence-corrected chi connectivity index (χ3v) is 12.0. The van der Waals surface area contributed by atoms with Gasteiger partial charge in [-0.1, -0.05) is 48.5 Å². The van der Waals surface area contributed by atoms with Gasteiger partial charge in [0, 0.05) is 70.0 Å². The number of primary amides is 1. The minimum atomic E-state index is -1.70. The fraction of sp³-hybridized carbons (Fsp3) is 0.469. The Morgan fingerprint density at radius 1 is 0.671 bits per heavy atom. The summed E-state index contributed by atoms with van der Waals surface area (Å²) in [5, 5.41) is 24.1. The molecular formula is C49H71N17O10. The van der Waals surface area contributed by atoms with Crippen LogP contribution in [0.4, 0.5) is 0 Å². The predicted octanol–water partition coefficient (Wildman–Crippen LogP) is -4.21. The lowest BCUT2D eigenvalue weighted by Crippen LogP contribution is -2.62. The summed E-state index contributed by atoms with van der Waals surface area (Å²) in [4.78, 5) is 148. The highest BCUT2D eigenvalue weighted by Gasteiger charge is 2.35. The Kier molecular flexibility index (Phi) is 23.9. The topological polar surface area (TPSA) is 450 Å². The number of carbonyl (C=O) groups is 10. The number of hydrogen-bond donors (Lipinski definition) is 15. The third-order valence-electron chi connectivity index (χ3n) is 12.0. The second-order valence-corrected chi connectivity index (χ2v) is 18.2. The number of aromatic nitrogens is 1. The minimum absolute atomic E-state index is 0.00248. The molecule has 1 aromatic heterocycles. The number of aromatic amines is 1. The molecule has 1 fully saturated rings. The SMILES string of the molecule is CC(=O)NC[C@@H]1NC(=O)[C@@H](NC(=O)[C@H](CCCN=C(N)N)NC(C)=O)CC(=O)NCCCC[C@@H](C(N)=O)NC(=O)[C@H](Cc2c[nH]c3ccccc23)NC(=O)[C@H](CCCN=C(N)N)NC(=O)[C@@H](Cc2ccccc2)NC1=O. The van der Waals surface area contributed by atoms with E-state index in [0.717, 1.165) is 17.8 Å². The van der Waals surface area contributed by atoms with E-state index in [9.17, 15) is 47.9 Å². The van der Waals surface area contributed by atoms with Crippen molar-refractivity contribution in [1.29, 1.82) is 0 Å². The van der Waals surface area contributed by atoms with Gasteiger partial charge in [-0.05, 0) is 62.1 Å². The summed E-state index contributed by atoms with van der Waals surface area (Å²) in [6.07, 6.45) is 1.43. The van der Waals surface area contributed by atoms with Crippen molar-refractivity contribution in [3.05, 3.63) is 71.9 Å². The molecule has 0 saturated carbocycles. The molecule has 3 aromatic rings. The number of benzene rings is 2. The lowest BCUT2D eigenvalue weighted by Gasteiger charge is -2.28. The van der Waals surface area contributed by atoms with Gasteiger partial charge < -0.3 is 81.5 Å². The molecule has 4 rings (SSSR count). The summed E-state index contributed by atoms with van der Waals surface area (Å²) < 4.78 is 0. The molecule has 0 spiro atoms. The monoisotopic (exact) mass is 1060 g/mol. The van der Waals surface area contributed by atoms with E-state index in [2.05, 4.69) is 62.8 Å². The van der Waals surface area contributed by atoms with Crippen molar-refractivity contribution in [3.8, 4) is 0 Å². The van der Waals surface area contributed by atoms with Crippen LogP contribution in [0.3, 0.4) is 0 Å². The lowest BCUT2D eigenvalue weighted by atomic mass is 10.0. The fourth-order valence-electron chi connectivity index (χ4n) is 8.12. The molecule has 27 nitrogen and oxygen atoms in total. The summed E-state index contributed by atoms with van der Waals surface area (Å²) >= 11 is 0. The number of fused-ring (bicyclic) bond motifs is 1. The Hall–Kier alpha value is -8.78. The maximum Gasteiger partial charge on any atom is 0.245 e. The Balaban J connectivity index is 1.79. The Morgan fingerprint density at radius 2 is 1.26 bits per heavy atom. The van der Waals surface area contributed by atoms with Gasteiger partial charge in [-0.25, -0.2) is 0 Å². The first-order valence-electron chi connectivity index (χ1n) is 24.8. The first kappa shape index (κ1) is 59.8. The van der Waals surface area contributed by atoms with Crippen molar-refractivity contribution in [2.24, 2.45) is 38.7 Å². The summed E-state index contributed by atoms with van der Waals surface area (Å²) in [6, 6.07) is 5.67. The van der Waals surface area contributed by atoms with Crippen LogP contribution in [-0.4, -0.2) is 144 Å². The minimum Gasteiger partial charge on any atom is -0.370 e. The standard InChI is InChI=1S/C49H71N17O10/c1-27(67)58-26-39-47(76)63-36(22-29-12-4-3-5-13-29)44(73)62-35(18-11-21-57-49(53)54)43(72)64-37(23-30-25-59-32-15-7-6-14-31(30)32)45(74)61-33(41(50)70)16-8-9-19-55-40(69)24-38(46(75)66-39)65-42(71)34(60-28(2)68)17-10-20-56-48(51)52/h3-7,12-15,25,33-39,59H,8-11,16-24,26H2,1-2H3,(H2,50,70)(H,55,69)(H,58,67)(H,60,68)(H,61,74)(H,62,73)(H,63,76)(H,64,72)(H,65,71)(H,66,75)(H4,51,52,56)(H4,53,54,57)/t33-,34-,35-,36+,37-,38-,39-/m0/s1. The zero-order valence-electron chi connectivity index (χ0n) is 42.6. The number of hydrogen-bond acceptors (Lipinski definition) is 12. The number of carbonyl (C=O) groups excluding carboxylic acids is 10. The number of nitrogens with zero attached hydrogens (tertiary/aromatic N) is 2. The number of rotatable bonds is 18. The van der Waals surface area contributed by atoms with Crippen LogP contribution in [0.15, 0.2) is 70.8 Å². The number of guanidine groups is 2. The molecule has 1 saturated heterocycles. The van der Waals surface area contributed by atoms with Gasteiger partial charge in [-0.2, -0.15) is 0 Å². The van der Waals surface area contributed by atoms with Crippen LogP contribution in [0.5, 0.6) is 0 Å². The third kappa shape index (κ3) is 20.6. The van der Waals surface area contributed by atoms with Crippen molar-refractivity contribution >= 4 is 81.9 Å². The van der Waals surface area contributed by atoms with Crippen LogP contribution >= 0.6 is 0 Å². The fourth-order valence-corrected chi connectivity index (χ4v) is 8.12. The van der Waals surface area contributed by atoms with E-state index in [0.29, 0.717) is 11.1 Å². The van der Waals surface area contributed by atoms with Gasteiger partial charge in [-0.3, -0.25) is 57.9 Å². The molecule has 7 atom stereocenters. The molecule has 20 N–H and O–H groups in total. The maximum atomic E-state index is 14.6. The van der Waals surface area contributed by atoms with E-state index >= 15 is 0 Å². The van der Waals surface area contributed by atoms with Gasteiger partial charge in [0.25, 0.3) is 0 Å². The molecular weight excluding hydrogens is 987 g/mol. The van der Waals surface area contributed by atoms with Crippen molar-refractivity contribution in [2.75, 3.05) is 26.2 Å². The van der Waals surface area contributed by atoms with Crippen molar-refractivity contribution in [3.63, 3.8) is 0 Å². The molecule has 0 unspecified atom stereocenters. The summed E-state index contributed by atoms with van der Waals surface area (Å²) in [5.41, 5.74) is 29.7. The Bertz CT molecular complexity index is 2580. The second-order valence-electron chi connectivity index (χ2n) is 18.2. The van der Waals surface area contributed by atoms with Gasteiger partial charge >= 0.3 is 0 Å². The van der Waals surface area contributed by atoms with Gasteiger partial charge in [0.1, 0.15) is 42.3 Å². The van der Waals surface area contributed by atoms with Crippen LogP contribution in [0.25, 0.3) is 10.9 Å². The van der Waals surface area contributed by atoms with E-state index in [4.69, 9.17) is 28.7 Å². The molecule has 10 amide bonds. The van der Waals surface area contributed by atoms with Gasteiger partial charge in [-0.15, -0.1) is 0 Å². The smallest absolute Gasteiger partial charge is 0.245 e. The van der Waals surface area contributed by atoms with Crippen LogP contribution in [-0.2, 0) is 60.8 Å². The zero-order chi connectivity index (χ0) is 55.7.